The lowest BCUT2D eigenvalue weighted by Gasteiger charge is -2.12. The molecular formula is C9H17NO2. The van der Waals surface area contributed by atoms with E-state index in [0.29, 0.717) is 19.1 Å². The molecule has 0 aromatic heterocycles. The Hall–Kier alpha value is -0.570. The van der Waals surface area contributed by atoms with Crippen LogP contribution in [-0.4, -0.2) is 19.1 Å². The zero-order chi connectivity index (χ0) is 9.19. The zero-order valence-corrected chi connectivity index (χ0v) is 7.80. The van der Waals surface area contributed by atoms with Crippen LogP contribution in [0.15, 0.2) is 0 Å². The maximum atomic E-state index is 11.4. The van der Waals surface area contributed by atoms with Crippen molar-refractivity contribution in [1.29, 1.82) is 0 Å². The molecule has 0 bridgehead atoms. The molecular weight excluding hydrogens is 154 g/mol. The predicted octanol–water partition coefficient (Wildman–Crippen LogP) is 0.924. The average molecular weight is 171 g/mol. The van der Waals surface area contributed by atoms with Crippen molar-refractivity contribution in [2.75, 3.05) is 13.2 Å². The van der Waals surface area contributed by atoms with Gasteiger partial charge in [0.15, 0.2) is 0 Å². The smallest absolute Gasteiger partial charge is 0.313 e. The first-order valence-electron chi connectivity index (χ1n) is 4.58. The fourth-order valence-corrected chi connectivity index (χ4v) is 1.77. The van der Waals surface area contributed by atoms with Crippen LogP contribution in [0.1, 0.15) is 26.7 Å². The van der Waals surface area contributed by atoms with E-state index in [1.54, 1.807) is 0 Å². The summed E-state index contributed by atoms with van der Waals surface area (Å²) >= 11 is 0. The van der Waals surface area contributed by atoms with E-state index in [4.69, 9.17) is 10.5 Å². The third-order valence-electron chi connectivity index (χ3n) is 2.77. The Morgan fingerprint density at radius 3 is 2.67 bits per heavy atom. The van der Waals surface area contributed by atoms with Crippen molar-refractivity contribution in [3.63, 3.8) is 0 Å². The van der Waals surface area contributed by atoms with Crippen LogP contribution in [0.25, 0.3) is 0 Å². The van der Waals surface area contributed by atoms with Crippen molar-refractivity contribution >= 4 is 5.97 Å². The highest BCUT2D eigenvalue weighted by molar-refractivity contribution is 5.81. The first-order chi connectivity index (χ1) is 5.71. The van der Waals surface area contributed by atoms with Gasteiger partial charge in [0.25, 0.3) is 0 Å². The summed E-state index contributed by atoms with van der Waals surface area (Å²) in [6, 6.07) is 0. The Labute approximate surface area is 73.3 Å². The molecule has 1 fully saturated rings. The monoisotopic (exact) mass is 171 g/mol. The topological polar surface area (TPSA) is 52.3 Å². The third kappa shape index (κ3) is 1.33. The highest BCUT2D eigenvalue weighted by Crippen LogP contribution is 2.54. The summed E-state index contributed by atoms with van der Waals surface area (Å²) in [7, 11) is 0. The number of esters is 1. The summed E-state index contributed by atoms with van der Waals surface area (Å²) in [6.07, 6.45) is 1.94. The fraction of sp³-hybridized carbons (Fsp3) is 0.889. The van der Waals surface area contributed by atoms with Gasteiger partial charge in [-0.05, 0) is 19.3 Å². The van der Waals surface area contributed by atoms with E-state index >= 15 is 0 Å². The molecule has 1 aliphatic carbocycles. The molecule has 1 saturated carbocycles. The molecule has 0 spiro atoms. The number of rotatable bonds is 4. The molecule has 0 aromatic carbocycles. The lowest BCUT2D eigenvalue weighted by molar-refractivity contribution is -0.149. The Balaban J connectivity index is 2.53. The van der Waals surface area contributed by atoms with E-state index in [9.17, 15) is 4.79 Å². The van der Waals surface area contributed by atoms with Gasteiger partial charge in [0.05, 0.1) is 12.0 Å². The van der Waals surface area contributed by atoms with Crippen LogP contribution in [0.2, 0.25) is 0 Å². The Bertz CT molecular complexity index is 181. The lowest BCUT2D eigenvalue weighted by atomic mass is 10.0. The predicted molar refractivity (Wildman–Crippen MR) is 46.5 cm³/mol. The minimum atomic E-state index is -0.315. The van der Waals surface area contributed by atoms with Gasteiger partial charge in [0.2, 0.25) is 0 Å². The van der Waals surface area contributed by atoms with Crippen LogP contribution < -0.4 is 5.73 Å². The largest absolute Gasteiger partial charge is 0.466 e. The standard InChI is InChI=1S/C9H17NO2/c1-3-7-5-9(7,6-10)8(11)12-4-2/h7H,3-6,10H2,1-2H3/t7-,9+/m0/s1. The SMILES string of the molecule is CCOC(=O)[C@@]1(CN)C[C@@H]1CC. The average Bonchev–Trinajstić information content (AvgIpc) is 2.80. The van der Waals surface area contributed by atoms with Crippen LogP contribution >= 0.6 is 0 Å². The molecule has 1 rings (SSSR count). The molecule has 1 aliphatic rings. The summed E-state index contributed by atoms with van der Waals surface area (Å²) < 4.78 is 4.97. The molecule has 0 radical (unpaired) electrons. The second kappa shape index (κ2) is 3.44. The summed E-state index contributed by atoms with van der Waals surface area (Å²) in [5, 5.41) is 0. The van der Waals surface area contributed by atoms with Gasteiger partial charge in [-0.15, -0.1) is 0 Å². The molecule has 12 heavy (non-hydrogen) atoms. The minimum Gasteiger partial charge on any atom is -0.466 e. The van der Waals surface area contributed by atoms with Crippen molar-refractivity contribution in [3.8, 4) is 0 Å². The van der Waals surface area contributed by atoms with Crippen LogP contribution in [-0.2, 0) is 9.53 Å². The number of carbonyl (C=O) groups excluding carboxylic acids is 1. The summed E-state index contributed by atoms with van der Waals surface area (Å²) in [5.74, 6) is 0.362. The van der Waals surface area contributed by atoms with Crippen LogP contribution in [0, 0.1) is 11.3 Å². The highest BCUT2D eigenvalue weighted by atomic mass is 16.5. The second-order valence-corrected chi connectivity index (χ2v) is 3.39. The van der Waals surface area contributed by atoms with E-state index in [1.165, 1.54) is 0 Å². The Morgan fingerprint density at radius 2 is 2.33 bits per heavy atom. The minimum absolute atomic E-state index is 0.0978. The van der Waals surface area contributed by atoms with Gasteiger partial charge in [-0.25, -0.2) is 0 Å². The molecule has 3 nitrogen and oxygen atoms in total. The van der Waals surface area contributed by atoms with E-state index in [-0.39, 0.29) is 11.4 Å². The van der Waals surface area contributed by atoms with E-state index in [2.05, 4.69) is 6.92 Å². The number of ether oxygens (including phenoxy) is 1. The molecule has 2 N–H and O–H groups in total. The van der Waals surface area contributed by atoms with Crippen molar-refractivity contribution in [1.82, 2.24) is 0 Å². The number of hydrogen-bond donors (Lipinski definition) is 1. The molecule has 3 heteroatoms. The first-order valence-corrected chi connectivity index (χ1v) is 4.58. The van der Waals surface area contributed by atoms with Gasteiger partial charge in [-0.2, -0.15) is 0 Å². The maximum Gasteiger partial charge on any atom is 0.313 e. The number of nitrogens with two attached hydrogens (primary N) is 1. The lowest BCUT2D eigenvalue weighted by Crippen LogP contribution is -2.29. The molecule has 0 aromatic rings. The summed E-state index contributed by atoms with van der Waals surface area (Å²) in [6.45, 7) is 4.80. The van der Waals surface area contributed by atoms with Crippen LogP contribution in [0.3, 0.4) is 0 Å². The Kier molecular flexibility index (Phi) is 2.73. The van der Waals surface area contributed by atoms with Crippen molar-refractivity contribution in [2.24, 2.45) is 17.1 Å². The molecule has 0 unspecified atom stereocenters. The normalized spacial score (nSPS) is 33.1. The molecule has 0 heterocycles. The highest BCUT2D eigenvalue weighted by Gasteiger charge is 2.58. The summed E-state index contributed by atoms with van der Waals surface area (Å²) in [5.41, 5.74) is 5.25. The second-order valence-electron chi connectivity index (χ2n) is 3.39. The van der Waals surface area contributed by atoms with Gasteiger partial charge in [0, 0.05) is 6.54 Å². The van der Waals surface area contributed by atoms with Gasteiger partial charge in [0.1, 0.15) is 0 Å². The van der Waals surface area contributed by atoms with Crippen LogP contribution in [0.4, 0.5) is 0 Å². The quantitative estimate of drug-likeness (QED) is 0.640. The van der Waals surface area contributed by atoms with Crippen molar-refractivity contribution < 1.29 is 9.53 Å². The van der Waals surface area contributed by atoms with E-state index < -0.39 is 0 Å². The van der Waals surface area contributed by atoms with Gasteiger partial charge >= 0.3 is 5.97 Å². The number of carbonyl (C=O) groups is 1. The van der Waals surface area contributed by atoms with E-state index in [0.717, 1.165) is 12.8 Å². The molecule has 70 valence electrons. The zero-order valence-electron chi connectivity index (χ0n) is 7.80. The number of hydrogen-bond acceptors (Lipinski definition) is 3. The van der Waals surface area contributed by atoms with Gasteiger partial charge in [-0.3, -0.25) is 4.79 Å². The van der Waals surface area contributed by atoms with E-state index in [1.807, 2.05) is 6.92 Å². The Morgan fingerprint density at radius 1 is 1.67 bits per heavy atom. The third-order valence-corrected chi connectivity index (χ3v) is 2.77. The molecule has 0 amide bonds. The van der Waals surface area contributed by atoms with Crippen molar-refractivity contribution in [2.45, 2.75) is 26.7 Å². The van der Waals surface area contributed by atoms with Crippen LogP contribution in [0.5, 0.6) is 0 Å². The van der Waals surface area contributed by atoms with Gasteiger partial charge < -0.3 is 10.5 Å². The maximum absolute atomic E-state index is 11.4. The summed E-state index contributed by atoms with van der Waals surface area (Å²) in [4.78, 5) is 11.4. The van der Waals surface area contributed by atoms with Gasteiger partial charge in [-0.1, -0.05) is 13.3 Å². The molecule has 2 atom stereocenters. The molecule has 0 aliphatic heterocycles. The first kappa shape index (κ1) is 9.52. The molecule has 0 saturated heterocycles. The van der Waals surface area contributed by atoms with Crippen molar-refractivity contribution in [3.05, 3.63) is 0 Å². The fourth-order valence-electron chi connectivity index (χ4n) is 1.77.